The molecule has 1 heterocycles. The van der Waals surface area contributed by atoms with Crippen LogP contribution in [0.15, 0.2) is 273 Å². The van der Waals surface area contributed by atoms with Crippen molar-refractivity contribution in [2.75, 3.05) is 9.80 Å². The lowest BCUT2D eigenvalue weighted by Crippen LogP contribution is -2.33. The predicted octanol–water partition coefficient (Wildman–Crippen LogP) is 21.7. The molecule has 2 nitrogen and oxygen atoms in total. The molecule has 4 aliphatic rings. The first-order valence-electron chi connectivity index (χ1n) is 30.0. The molecular weight excluding hydrogens is 1010 g/mol. The van der Waals surface area contributed by atoms with Crippen LogP contribution >= 0.6 is 0 Å². The molecule has 11 aromatic carbocycles. The van der Waals surface area contributed by atoms with Gasteiger partial charge >= 0.3 is 0 Å². The van der Waals surface area contributed by atoms with Crippen LogP contribution in [0.4, 0.5) is 28.4 Å². The summed E-state index contributed by atoms with van der Waals surface area (Å²) in [5, 5.41) is 0. The summed E-state index contributed by atoms with van der Waals surface area (Å²) >= 11 is 0. The summed E-state index contributed by atoms with van der Waals surface area (Å²) < 4.78 is 0. The average Bonchev–Trinajstić information content (AvgIpc) is 1.54. The van der Waals surface area contributed by atoms with Crippen LogP contribution in [0.5, 0.6) is 0 Å². The van der Waals surface area contributed by atoms with Gasteiger partial charge in [0.25, 0.3) is 0 Å². The Morgan fingerprint density at radius 2 is 0.869 bits per heavy atom. The van der Waals surface area contributed by atoms with Gasteiger partial charge in [-0.1, -0.05) is 273 Å². The van der Waals surface area contributed by atoms with Crippen molar-refractivity contribution in [3.05, 3.63) is 318 Å². The van der Waals surface area contributed by atoms with E-state index >= 15 is 0 Å². The molecule has 84 heavy (non-hydrogen) atoms. The van der Waals surface area contributed by atoms with Gasteiger partial charge in [-0.3, -0.25) is 0 Å². The molecule has 11 aromatic rings. The van der Waals surface area contributed by atoms with E-state index in [0.29, 0.717) is 0 Å². The topological polar surface area (TPSA) is 6.48 Å². The van der Waals surface area contributed by atoms with Gasteiger partial charge in [0.1, 0.15) is 0 Å². The summed E-state index contributed by atoms with van der Waals surface area (Å²) in [7, 11) is 0. The molecule has 0 N–H and O–H groups in total. The van der Waals surface area contributed by atoms with E-state index in [9.17, 15) is 0 Å². The molecular formula is C82H68N2. The number of nitrogens with zero attached hydrogens (tertiary/aromatic N) is 2. The summed E-state index contributed by atoms with van der Waals surface area (Å²) in [6.07, 6.45) is 4.83. The molecule has 0 fully saturated rings. The molecule has 0 saturated heterocycles. The third-order valence-corrected chi connectivity index (χ3v) is 18.7. The molecule has 406 valence electrons. The zero-order valence-corrected chi connectivity index (χ0v) is 49.0. The smallest absolute Gasteiger partial charge is 0.0725 e. The van der Waals surface area contributed by atoms with Crippen molar-refractivity contribution < 1.29 is 0 Å². The molecule has 0 aromatic heterocycles. The van der Waals surface area contributed by atoms with Crippen molar-refractivity contribution in [2.45, 2.75) is 70.8 Å². The maximum absolute atomic E-state index is 2.57. The van der Waals surface area contributed by atoms with E-state index in [1.165, 1.54) is 117 Å². The lowest BCUT2D eigenvalue weighted by atomic mass is 9.69. The molecule has 0 saturated carbocycles. The SMILES string of the molecule is CC1C=CC(c2cccc(N(c3ccc4c(c3)-c3ccccc3C43c4cc(C(C)(C)C)ccc4-c4ccc(C(C)(C)C)cc43)c3ccccc3-c3ccccc3-c3ccccc3-c3ccccc3)c2)=C2c3ccccc3N(c3ccccc3)C21. The summed E-state index contributed by atoms with van der Waals surface area (Å²) in [5.74, 6) is 0.284. The van der Waals surface area contributed by atoms with E-state index in [1.807, 2.05) is 0 Å². The molecule has 2 atom stereocenters. The van der Waals surface area contributed by atoms with Gasteiger partial charge in [-0.15, -0.1) is 0 Å². The van der Waals surface area contributed by atoms with Crippen LogP contribution in [-0.2, 0) is 16.2 Å². The van der Waals surface area contributed by atoms with Crippen molar-refractivity contribution in [3.8, 4) is 55.6 Å². The highest BCUT2D eigenvalue weighted by Crippen LogP contribution is 2.64. The monoisotopic (exact) mass is 1080 g/mol. The van der Waals surface area contributed by atoms with Crippen LogP contribution in [0.1, 0.15) is 93.0 Å². The molecule has 0 radical (unpaired) electrons. The second kappa shape index (κ2) is 19.6. The standard InChI is InChI=1S/C82H68N2/c1-53-41-45-62(78-70-37-20-23-40-77(70)84(79(53)78)58-28-12-9-13-29-58)55-27-24-30-59(49-55)83(76-39-22-19-36-69(76)65-34-17-16-33-64(65)63-32-15-14-31-61(63)54-25-10-8-11-26-54)60-44-48-73-71(52-60)66-35-18-21-38-72(66)82(73)74-50-56(80(2,3)4)42-46-67(74)68-47-43-57(51-75(68)82)81(5,6)7/h8-53,79H,1-7H3. The molecule has 0 bridgehead atoms. The van der Waals surface area contributed by atoms with E-state index in [-0.39, 0.29) is 22.8 Å². The molecule has 1 spiro atoms. The van der Waals surface area contributed by atoms with E-state index < -0.39 is 5.41 Å². The number of rotatable bonds is 8. The van der Waals surface area contributed by atoms with Crippen molar-refractivity contribution >= 4 is 39.6 Å². The first-order valence-corrected chi connectivity index (χ1v) is 30.0. The van der Waals surface area contributed by atoms with E-state index in [2.05, 4.69) is 331 Å². The molecule has 2 heteroatoms. The Bertz CT molecular complexity index is 4420. The van der Waals surface area contributed by atoms with Crippen LogP contribution in [0.25, 0.3) is 66.8 Å². The molecule has 1 aliphatic heterocycles. The van der Waals surface area contributed by atoms with Gasteiger partial charge in [0.05, 0.1) is 17.1 Å². The van der Waals surface area contributed by atoms with Crippen LogP contribution in [0.3, 0.4) is 0 Å². The Labute approximate surface area is 496 Å². The van der Waals surface area contributed by atoms with E-state index in [0.717, 1.165) is 22.6 Å². The fraction of sp³-hybridized carbons (Fsp3) is 0.146. The first-order chi connectivity index (χ1) is 40.9. The Balaban J connectivity index is 0.974. The lowest BCUT2D eigenvalue weighted by Gasteiger charge is -2.34. The number of fused-ring (bicyclic) bond motifs is 13. The van der Waals surface area contributed by atoms with Crippen LogP contribution in [-0.4, -0.2) is 6.04 Å². The fourth-order valence-corrected chi connectivity index (χ4v) is 14.7. The van der Waals surface area contributed by atoms with Crippen LogP contribution in [0, 0.1) is 5.92 Å². The number of allylic oxidation sites excluding steroid dienone is 2. The summed E-state index contributed by atoms with van der Waals surface area (Å²) in [5.41, 5.74) is 30.7. The van der Waals surface area contributed by atoms with Crippen molar-refractivity contribution in [1.29, 1.82) is 0 Å². The largest absolute Gasteiger partial charge is 0.333 e. The van der Waals surface area contributed by atoms with Crippen molar-refractivity contribution in [2.24, 2.45) is 5.92 Å². The normalized spacial score (nSPS) is 16.0. The minimum absolute atomic E-state index is 0.0388. The number of benzene rings is 11. The summed E-state index contributed by atoms with van der Waals surface area (Å²) in [6.45, 7) is 16.4. The number of hydrogen-bond donors (Lipinski definition) is 0. The molecule has 2 unspecified atom stereocenters. The third-order valence-electron chi connectivity index (χ3n) is 18.7. The highest BCUT2D eigenvalue weighted by molar-refractivity contribution is 6.08. The van der Waals surface area contributed by atoms with Gasteiger partial charge in [0.15, 0.2) is 0 Å². The maximum atomic E-state index is 2.57. The second-order valence-electron chi connectivity index (χ2n) is 25.6. The Morgan fingerprint density at radius 1 is 0.369 bits per heavy atom. The number of para-hydroxylation sites is 3. The van der Waals surface area contributed by atoms with Gasteiger partial charge in [0, 0.05) is 33.9 Å². The molecule has 3 aliphatic carbocycles. The van der Waals surface area contributed by atoms with Gasteiger partial charge in [-0.05, 0) is 165 Å². The van der Waals surface area contributed by atoms with Gasteiger partial charge in [-0.25, -0.2) is 0 Å². The van der Waals surface area contributed by atoms with Crippen LogP contribution < -0.4 is 9.80 Å². The average molecular weight is 1080 g/mol. The zero-order valence-electron chi connectivity index (χ0n) is 49.0. The number of hydrogen-bond acceptors (Lipinski definition) is 2. The predicted molar refractivity (Wildman–Crippen MR) is 355 cm³/mol. The third kappa shape index (κ3) is 7.98. The lowest BCUT2D eigenvalue weighted by molar-refractivity contribution is 0.586. The minimum atomic E-state index is -0.522. The van der Waals surface area contributed by atoms with Gasteiger partial charge in [0.2, 0.25) is 0 Å². The first kappa shape index (κ1) is 51.4. The minimum Gasteiger partial charge on any atom is -0.333 e. The zero-order chi connectivity index (χ0) is 57.1. The van der Waals surface area contributed by atoms with E-state index in [4.69, 9.17) is 0 Å². The van der Waals surface area contributed by atoms with Crippen molar-refractivity contribution in [1.82, 2.24) is 0 Å². The molecule has 0 amide bonds. The quantitative estimate of drug-likeness (QED) is 0.150. The highest BCUT2D eigenvalue weighted by Gasteiger charge is 2.52. The fourth-order valence-electron chi connectivity index (χ4n) is 14.7. The summed E-state index contributed by atoms with van der Waals surface area (Å²) in [4.78, 5) is 5.12. The Kier molecular flexibility index (Phi) is 12.0. The van der Waals surface area contributed by atoms with Gasteiger partial charge in [-0.2, -0.15) is 0 Å². The number of anilines is 5. The second-order valence-corrected chi connectivity index (χ2v) is 25.6. The molecule has 15 rings (SSSR count). The maximum Gasteiger partial charge on any atom is 0.0725 e. The van der Waals surface area contributed by atoms with E-state index in [1.54, 1.807) is 0 Å². The summed E-state index contributed by atoms with van der Waals surface area (Å²) in [6, 6.07) is 98.7. The highest BCUT2D eigenvalue weighted by atomic mass is 15.2. The van der Waals surface area contributed by atoms with Crippen molar-refractivity contribution in [3.63, 3.8) is 0 Å². The Morgan fingerprint density at radius 3 is 1.54 bits per heavy atom. The Hall–Kier alpha value is -9.50. The van der Waals surface area contributed by atoms with Crippen LogP contribution in [0.2, 0.25) is 0 Å². The van der Waals surface area contributed by atoms with Gasteiger partial charge < -0.3 is 9.80 Å².